The van der Waals surface area contributed by atoms with Gasteiger partial charge >= 0.3 is 6.18 Å². The summed E-state index contributed by atoms with van der Waals surface area (Å²) in [4.78, 5) is 4.22. The third kappa shape index (κ3) is 2.47. The Bertz CT molecular complexity index is 796. The highest BCUT2D eigenvalue weighted by Crippen LogP contribution is 2.29. The predicted octanol–water partition coefficient (Wildman–Crippen LogP) is 2.93. The van der Waals surface area contributed by atoms with E-state index in [0.717, 1.165) is 10.7 Å². The molecule has 0 atom stereocenters. The minimum absolute atomic E-state index is 0.300. The first-order valence-electron chi connectivity index (χ1n) is 6.12. The van der Waals surface area contributed by atoms with Crippen molar-refractivity contribution in [2.75, 3.05) is 0 Å². The smallest absolute Gasteiger partial charge is 0.390 e. The van der Waals surface area contributed by atoms with Gasteiger partial charge in [0.1, 0.15) is 0 Å². The van der Waals surface area contributed by atoms with Gasteiger partial charge in [0.25, 0.3) is 0 Å². The molecule has 0 fully saturated rings. The number of nitrogens with zero attached hydrogens (tertiary/aromatic N) is 3. The monoisotopic (exact) mass is 293 g/mol. The second kappa shape index (κ2) is 4.85. The predicted molar refractivity (Wildman–Crippen MR) is 69.8 cm³/mol. The van der Waals surface area contributed by atoms with Gasteiger partial charge in [-0.2, -0.15) is 18.3 Å². The Labute approximate surface area is 117 Å². The van der Waals surface area contributed by atoms with Crippen LogP contribution in [0.25, 0.3) is 16.6 Å². The van der Waals surface area contributed by atoms with Crippen molar-refractivity contribution in [1.29, 1.82) is 0 Å². The van der Waals surface area contributed by atoms with Crippen LogP contribution < -0.4 is 0 Å². The number of alkyl halides is 3. The molecule has 2 heterocycles. The van der Waals surface area contributed by atoms with Gasteiger partial charge in [0, 0.05) is 11.6 Å². The quantitative estimate of drug-likeness (QED) is 0.790. The number of benzene rings is 1. The van der Waals surface area contributed by atoms with Crippen LogP contribution in [-0.2, 0) is 12.8 Å². The van der Waals surface area contributed by atoms with Gasteiger partial charge in [-0.1, -0.05) is 18.2 Å². The number of aliphatic hydroxyl groups excluding tert-OH is 1. The molecule has 0 radical (unpaired) electrons. The average molecular weight is 293 g/mol. The van der Waals surface area contributed by atoms with Crippen LogP contribution in [0.1, 0.15) is 11.4 Å². The van der Waals surface area contributed by atoms with Gasteiger partial charge in [-0.3, -0.25) is 4.98 Å². The van der Waals surface area contributed by atoms with Crippen molar-refractivity contribution in [2.45, 2.75) is 12.8 Å². The molecule has 3 rings (SSSR count). The Morgan fingerprint density at radius 2 is 1.90 bits per heavy atom. The zero-order chi connectivity index (χ0) is 15.0. The summed E-state index contributed by atoms with van der Waals surface area (Å²) in [5.41, 5.74) is 0.435. The number of pyridine rings is 1. The summed E-state index contributed by atoms with van der Waals surface area (Å²) in [7, 11) is 0. The molecule has 108 valence electrons. The van der Waals surface area contributed by atoms with Crippen molar-refractivity contribution >= 4 is 10.9 Å². The lowest BCUT2D eigenvalue weighted by Crippen LogP contribution is -2.08. The summed E-state index contributed by atoms with van der Waals surface area (Å²) >= 11 is 0. The van der Waals surface area contributed by atoms with E-state index in [1.165, 1.54) is 12.3 Å². The second-order valence-corrected chi connectivity index (χ2v) is 4.45. The molecule has 1 aromatic carbocycles. The number of aliphatic hydroxyl groups is 1. The number of para-hydroxylation sites is 1. The van der Waals surface area contributed by atoms with E-state index in [2.05, 4.69) is 10.1 Å². The van der Waals surface area contributed by atoms with Crippen molar-refractivity contribution in [2.24, 2.45) is 0 Å². The fraction of sp³-hybridized carbons (Fsp3) is 0.143. The van der Waals surface area contributed by atoms with Gasteiger partial charge in [-0.25, -0.2) is 4.68 Å². The van der Waals surface area contributed by atoms with Gasteiger partial charge in [0.2, 0.25) is 0 Å². The highest BCUT2D eigenvalue weighted by Gasteiger charge is 2.33. The molecular weight excluding hydrogens is 283 g/mol. The van der Waals surface area contributed by atoms with Gasteiger partial charge in [0.15, 0.2) is 5.69 Å². The molecule has 0 saturated carbocycles. The van der Waals surface area contributed by atoms with E-state index in [9.17, 15) is 18.3 Å². The van der Waals surface area contributed by atoms with E-state index in [1.54, 1.807) is 24.3 Å². The molecule has 0 spiro atoms. The summed E-state index contributed by atoms with van der Waals surface area (Å²) in [6.45, 7) is -0.300. The van der Waals surface area contributed by atoms with E-state index in [1.807, 2.05) is 0 Å². The molecular formula is C14H10F3N3O. The SMILES string of the molecule is OCc1cc(-n2ccc(C(F)(F)F)n2)c2ccccc2n1. The van der Waals surface area contributed by atoms with E-state index in [-0.39, 0.29) is 6.61 Å². The number of rotatable bonds is 2. The van der Waals surface area contributed by atoms with Crippen LogP contribution in [0.5, 0.6) is 0 Å². The lowest BCUT2D eigenvalue weighted by atomic mass is 10.1. The molecule has 0 aliphatic carbocycles. The zero-order valence-electron chi connectivity index (χ0n) is 10.7. The topological polar surface area (TPSA) is 50.9 Å². The second-order valence-electron chi connectivity index (χ2n) is 4.45. The first kappa shape index (κ1) is 13.6. The molecule has 0 bridgehead atoms. The molecule has 0 unspecified atom stereocenters. The van der Waals surface area contributed by atoms with Crippen LogP contribution in [-0.4, -0.2) is 19.9 Å². The molecule has 1 N–H and O–H groups in total. The van der Waals surface area contributed by atoms with Gasteiger partial charge in [-0.15, -0.1) is 0 Å². The first-order chi connectivity index (χ1) is 9.99. The molecule has 4 nitrogen and oxygen atoms in total. The first-order valence-corrected chi connectivity index (χ1v) is 6.12. The fourth-order valence-corrected chi connectivity index (χ4v) is 2.09. The number of aromatic nitrogens is 3. The number of hydrogen-bond donors (Lipinski definition) is 1. The summed E-state index contributed by atoms with van der Waals surface area (Å²) < 4.78 is 39.1. The molecule has 7 heteroatoms. The Hall–Kier alpha value is -2.41. The lowest BCUT2D eigenvalue weighted by molar-refractivity contribution is -0.141. The van der Waals surface area contributed by atoms with Crippen molar-refractivity contribution in [3.05, 3.63) is 54.0 Å². The Kier molecular flexibility index (Phi) is 3.13. The van der Waals surface area contributed by atoms with Crippen LogP contribution in [0.2, 0.25) is 0 Å². The minimum atomic E-state index is -4.49. The fourth-order valence-electron chi connectivity index (χ4n) is 2.09. The van der Waals surface area contributed by atoms with E-state index < -0.39 is 11.9 Å². The summed E-state index contributed by atoms with van der Waals surface area (Å²) in [6.07, 6.45) is -3.25. The maximum Gasteiger partial charge on any atom is 0.435 e. The van der Waals surface area contributed by atoms with Gasteiger partial charge in [-0.05, 0) is 18.2 Å². The zero-order valence-corrected chi connectivity index (χ0v) is 10.7. The Morgan fingerprint density at radius 1 is 1.14 bits per heavy atom. The van der Waals surface area contributed by atoms with Crippen LogP contribution in [0.4, 0.5) is 13.2 Å². The van der Waals surface area contributed by atoms with Crippen molar-refractivity contribution in [3.8, 4) is 5.69 Å². The normalized spacial score (nSPS) is 12.0. The molecule has 0 aliphatic heterocycles. The van der Waals surface area contributed by atoms with E-state index in [0.29, 0.717) is 22.3 Å². The van der Waals surface area contributed by atoms with E-state index in [4.69, 9.17) is 0 Å². The van der Waals surface area contributed by atoms with Gasteiger partial charge < -0.3 is 5.11 Å². The van der Waals surface area contributed by atoms with Crippen LogP contribution >= 0.6 is 0 Å². The standard InChI is InChI=1S/C14H10F3N3O/c15-14(16,17)13-5-6-20(19-13)12-7-9(8-21)18-11-4-2-1-3-10(11)12/h1-7,21H,8H2. The van der Waals surface area contributed by atoms with Crippen LogP contribution in [0.3, 0.4) is 0 Å². The summed E-state index contributed by atoms with van der Waals surface area (Å²) in [5.74, 6) is 0. The number of fused-ring (bicyclic) bond motifs is 1. The lowest BCUT2D eigenvalue weighted by Gasteiger charge is -2.09. The molecule has 3 aromatic rings. The summed E-state index contributed by atoms with van der Waals surface area (Å²) in [6, 6.07) is 9.44. The average Bonchev–Trinajstić information content (AvgIpc) is 2.95. The minimum Gasteiger partial charge on any atom is -0.390 e. The van der Waals surface area contributed by atoms with Gasteiger partial charge in [0.05, 0.1) is 23.5 Å². The Morgan fingerprint density at radius 3 is 2.57 bits per heavy atom. The van der Waals surface area contributed by atoms with Crippen LogP contribution in [0.15, 0.2) is 42.6 Å². The molecule has 21 heavy (non-hydrogen) atoms. The highest BCUT2D eigenvalue weighted by molar-refractivity contribution is 5.87. The number of hydrogen-bond acceptors (Lipinski definition) is 3. The molecule has 0 amide bonds. The molecule has 0 aliphatic rings. The molecule has 2 aromatic heterocycles. The molecule has 0 saturated heterocycles. The maximum atomic E-state index is 12.6. The van der Waals surface area contributed by atoms with Crippen molar-refractivity contribution in [1.82, 2.24) is 14.8 Å². The van der Waals surface area contributed by atoms with Crippen molar-refractivity contribution < 1.29 is 18.3 Å². The summed E-state index contributed by atoms with van der Waals surface area (Å²) in [5, 5.41) is 13.4. The third-order valence-corrected chi connectivity index (χ3v) is 3.04. The maximum absolute atomic E-state index is 12.6. The Balaban J connectivity index is 2.21. The largest absolute Gasteiger partial charge is 0.435 e. The highest BCUT2D eigenvalue weighted by atomic mass is 19.4. The van der Waals surface area contributed by atoms with E-state index >= 15 is 0 Å². The van der Waals surface area contributed by atoms with Crippen LogP contribution in [0, 0.1) is 0 Å². The number of halogens is 3. The third-order valence-electron chi connectivity index (χ3n) is 3.04. The van der Waals surface area contributed by atoms with Crippen molar-refractivity contribution in [3.63, 3.8) is 0 Å².